The maximum absolute atomic E-state index is 13.0. The average molecular weight is 401 g/mol. The molecule has 1 aromatic carbocycles. The highest BCUT2D eigenvalue weighted by atomic mass is 35.5. The summed E-state index contributed by atoms with van der Waals surface area (Å²) in [5.41, 5.74) is 1.58. The van der Waals surface area contributed by atoms with E-state index in [9.17, 15) is 4.79 Å². The zero-order valence-corrected chi connectivity index (χ0v) is 17.0. The van der Waals surface area contributed by atoms with Crippen molar-refractivity contribution in [3.63, 3.8) is 0 Å². The summed E-state index contributed by atoms with van der Waals surface area (Å²) < 4.78 is 11.4. The molecule has 0 amide bonds. The molecule has 6 heteroatoms. The number of rotatable bonds is 5. The lowest BCUT2D eigenvalue weighted by molar-refractivity contribution is -0.153. The number of piperidine rings is 1. The van der Waals surface area contributed by atoms with Crippen molar-refractivity contribution in [1.82, 2.24) is 4.98 Å². The van der Waals surface area contributed by atoms with Crippen LogP contribution in [0.5, 0.6) is 5.75 Å². The van der Waals surface area contributed by atoms with Crippen LogP contribution in [0.3, 0.4) is 0 Å². The zero-order chi connectivity index (χ0) is 19.7. The van der Waals surface area contributed by atoms with Gasteiger partial charge in [-0.3, -0.25) is 4.79 Å². The molecule has 0 bridgehead atoms. The number of benzene rings is 1. The van der Waals surface area contributed by atoms with Crippen molar-refractivity contribution in [3.8, 4) is 5.75 Å². The summed E-state index contributed by atoms with van der Waals surface area (Å²) in [6.07, 6.45) is 4.92. The minimum atomic E-state index is -0.490. The Bertz CT molecular complexity index is 857. The van der Waals surface area contributed by atoms with Crippen LogP contribution in [0.2, 0.25) is 5.02 Å². The molecule has 1 saturated heterocycles. The lowest BCUT2D eigenvalue weighted by Gasteiger charge is -2.33. The van der Waals surface area contributed by atoms with Crippen molar-refractivity contribution in [1.29, 1.82) is 0 Å². The van der Waals surface area contributed by atoms with Gasteiger partial charge in [-0.1, -0.05) is 23.7 Å². The third-order valence-corrected chi connectivity index (χ3v) is 6.08. The van der Waals surface area contributed by atoms with E-state index in [4.69, 9.17) is 21.1 Å². The summed E-state index contributed by atoms with van der Waals surface area (Å²) in [6.45, 7) is 3.64. The van der Waals surface area contributed by atoms with E-state index in [1.165, 1.54) is 0 Å². The lowest BCUT2D eigenvalue weighted by Crippen LogP contribution is -2.39. The average Bonchev–Trinajstić information content (AvgIpc) is 3.52. The van der Waals surface area contributed by atoms with E-state index in [2.05, 4.69) is 9.88 Å². The molecule has 2 fully saturated rings. The predicted molar refractivity (Wildman–Crippen MR) is 109 cm³/mol. The molecule has 28 heavy (non-hydrogen) atoms. The molecule has 0 unspecified atom stereocenters. The normalized spacial score (nSPS) is 18.6. The Morgan fingerprint density at radius 3 is 2.57 bits per heavy atom. The second-order valence-electron chi connectivity index (χ2n) is 7.69. The van der Waals surface area contributed by atoms with Gasteiger partial charge in [0.2, 0.25) is 0 Å². The number of anilines is 1. The molecule has 2 aromatic rings. The van der Waals surface area contributed by atoms with Gasteiger partial charge in [-0.2, -0.15) is 0 Å². The van der Waals surface area contributed by atoms with Crippen molar-refractivity contribution < 1.29 is 14.3 Å². The van der Waals surface area contributed by atoms with Gasteiger partial charge in [0.25, 0.3) is 0 Å². The molecular formula is C22H25ClN2O3. The largest absolute Gasteiger partial charge is 0.496 e. The Balaban J connectivity index is 1.37. The van der Waals surface area contributed by atoms with Crippen molar-refractivity contribution >= 4 is 23.4 Å². The van der Waals surface area contributed by atoms with Gasteiger partial charge in [0.1, 0.15) is 17.7 Å². The van der Waals surface area contributed by atoms with Gasteiger partial charge in [0.05, 0.1) is 17.5 Å². The van der Waals surface area contributed by atoms with E-state index in [-0.39, 0.29) is 12.1 Å². The van der Waals surface area contributed by atoms with Crippen LogP contribution in [0.1, 0.15) is 36.8 Å². The number of esters is 1. The summed E-state index contributed by atoms with van der Waals surface area (Å²) >= 11 is 5.91. The van der Waals surface area contributed by atoms with Crippen LogP contribution in [0, 0.1) is 6.92 Å². The fraction of sp³-hybridized carbons (Fsp3) is 0.455. The number of carbonyl (C=O) groups excluding carboxylic acids is 1. The van der Waals surface area contributed by atoms with Gasteiger partial charge >= 0.3 is 5.97 Å². The fourth-order valence-corrected chi connectivity index (χ4v) is 3.99. The van der Waals surface area contributed by atoms with Gasteiger partial charge in [-0.25, -0.2) is 4.98 Å². The SMILES string of the molecule is COc1cc(C2(C(=O)OC3CCN(c4ccc(Cl)cn4)CC3)CC2)ccc1C. The maximum Gasteiger partial charge on any atom is 0.316 e. The summed E-state index contributed by atoms with van der Waals surface area (Å²) in [7, 11) is 1.66. The summed E-state index contributed by atoms with van der Waals surface area (Å²) in [5, 5.41) is 0.634. The summed E-state index contributed by atoms with van der Waals surface area (Å²) in [5.74, 6) is 1.64. The van der Waals surface area contributed by atoms with Crippen LogP contribution in [-0.2, 0) is 14.9 Å². The Labute approximate surface area is 170 Å². The molecule has 148 valence electrons. The first-order valence-corrected chi connectivity index (χ1v) is 10.1. The van der Waals surface area contributed by atoms with Gasteiger partial charge in [0.15, 0.2) is 0 Å². The van der Waals surface area contributed by atoms with Crippen LogP contribution in [0.4, 0.5) is 5.82 Å². The van der Waals surface area contributed by atoms with Gasteiger partial charge in [-0.05, 0) is 49.1 Å². The van der Waals surface area contributed by atoms with E-state index in [1.807, 2.05) is 37.3 Å². The van der Waals surface area contributed by atoms with Crippen LogP contribution in [0.15, 0.2) is 36.5 Å². The third kappa shape index (κ3) is 3.68. The first-order valence-electron chi connectivity index (χ1n) is 9.74. The van der Waals surface area contributed by atoms with E-state index in [0.717, 1.165) is 61.5 Å². The Kier molecular flexibility index (Phi) is 5.19. The molecule has 2 aliphatic rings. The Hall–Kier alpha value is -2.27. The minimum absolute atomic E-state index is 0.0409. The molecule has 1 aromatic heterocycles. The number of carbonyl (C=O) groups is 1. The molecule has 2 heterocycles. The number of hydrogen-bond donors (Lipinski definition) is 0. The number of ether oxygens (including phenoxy) is 2. The molecule has 0 spiro atoms. The monoisotopic (exact) mass is 400 g/mol. The van der Waals surface area contributed by atoms with Crippen molar-refractivity contribution in [2.24, 2.45) is 0 Å². The standard InChI is InChI=1S/C22H25ClN2O3/c1-15-3-4-16(13-19(15)27-2)22(9-10-22)21(26)28-18-7-11-25(12-8-18)20-6-5-17(23)14-24-20/h3-6,13-14,18H,7-12H2,1-2H3. The van der Waals surface area contributed by atoms with Gasteiger partial charge in [0, 0.05) is 32.1 Å². The van der Waals surface area contributed by atoms with Crippen LogP contribution < -0.4 is 9.64 Å². The quantitative estimate of drug-likeness (QED) is 0.700. The molecule has 0 atom stereocenters. The van der Waals surface area contributed by atoms with Crippen molar-refractivity contribution in [2.45, 2.75) is 44.1 Å². The number of hydrogen-bond acceptors (Lipinski definition) is 5. The molecule has 0 N–H and O–H groups in total. The highest BCUT2D eigenvalue weighted by molar-refractivity contribution is 6.30. The number of methoxy groups -OCH3 is 1. The van der Waals surface area contributed by atoms with Gasteiger partial charge in [-0.15, -0.1) is 0 Å². The van der Waals surface area contributed by atoms with Crippen LogP contribution >= 0.6 is 11.6 Å². The zero-order valence-electron chi connectivity index (χ0n) is 16.3. The Morgan fingerprint density at radius 2 is 1.96 bits per heavy atom. The molecule has 1 aliphatic carbocycles. The molecule has 0 radical (unpaired) electrons. The molecule has 5 nitrogen and oxygen atoms in total. The molecule has 1 aliphatic heterocycles. The van der Waals surface area contributed by atoms with Crippen molar-refractivity contribution in [2.75, 3.05) is 25.1 Å². The second kappa shape index (κ2) is 7.63. The molecule has 4 rings (SSSR count). The van der Waals surface area contributed by atoms with Gasteiger partial charge < -0.3 is 14.4 Å². The Morgan fingerprint density at radius 1 is 1.21 bits per heavy atom. The van der Waals surface area contributed by atoms with E-state index < -0.39 is 5.41 Å². The van der Waals surface area contributed by atoms with Crippen LogP contribution in [-0.4, -0.2) is 37.3 Å². The minimum Gasteiger partial charge on any atom is -0.496 e. The smallest absolute Gasteiger partial charge is 0.316 e. The van der Waals surface area contributed by atoms with E-state index in [1.54, 1.807) is 13.3 Å². The summed E-state index contributed by atoms with van der Waals surface area (Å²) in [6, 6.07) is 9.81. The van der Waals surface area contributed by atoms with E-state index in [0.29, 0.717) is 5.02 Å². The number of aromatic nitrogens is 1. The summed E-state index contributed by atoms with van der Waals surface area (Å²) in [4.78, 5) is 19.5. The maximum atomic E-state index is 13.0. The first-order chi connectivity index (χ1) is 13.5. The third-order valence-electron chi connectivity index (χ3n) is 5.85. The number of halogens is 1. The highest BCUT2D eigenvalue weighted by Crippen LogP contribution is 2.50. The van der Waals surface area contributed by atoms with Crippen molar-refractivity contribution in [3.05, 3.63) is 52.7 Å². The number of nitrogens with zero attached hydrogens (tertiary/aromatic N) is 2. The number of pyridine rings is 1. The molecule has 1 saturated carbocycles. The second-order valence-corrected chi connectivity index (χ2v) is 8.13. The fourth-order valence-electron chi connectivity index (χ4n) is 3.88. The first kappa shape index (κ1) is 19.1. The number of aryl methyl sites for hydroxylation is 1. The highest BCUT2D eigenvalue weighted by Gasteiger charge is 2.53. The predicted octanol–water partition coefficient (Wildman–Crippen LogP) is 4.30. The lowest BCUT2D eigenvalue weighted by atomic mass is 9.94. The van der Waals surface area contributed by atoms with E-state index >= 15 is 0 Å². The topological polar surface area (TPSA) is 51.7 Å². The van der Waals surface area contributed by atoms with Crippen LogP contribution in [0.25, 0.3) is 0 Å². The molecular weight excluding hydrogens is 376 g/mol.